The lowest BCUT2D eigenvalue weighted by molar-refractivity contribution is -0.140. The van der Waals surface area contributed by atoms with Gasteiger partial charge < -0.3 is 14.3 Å². The van der Waals surface area contributed by atoms with E-state index in [0.717, 1.165) is 33.1 Å². The van der Waals surface area contributed by atoms with Gasteiger partial charge in [0.25, 0.3) is 5.56 Å². The summed E-state index contributed by atoms with van der Waals surface area (Å²) in [6, 6.07) is 19.6. The minimum absolute atomic E-state index is 0.0332. The first-order chi connectivity index (χ1) is 13.7. The fourth-order valence-electron chi connectivity index (χ4n) is 3.71. The number of ether oxygens (including phenoxy) is 1. The lowest BCUT2D eigenvalue weighted by Crippen LogP contribution is -2.24. The number of H-pyrrole nitrogens is 1. The number of aromatic amines is 1. The minimum Gasteiger partial charge on any atom is -0.469 e. The third-order valence-corrected chi connectivity index (χ3v) is 5.10. The van der Waals surface area contributed by atoms with Gasteiger partial charge in [-0.3, -0.25) is 9.59 Å². The van der Waals surface area contributed by atoms with Crippen molar-refractivity contribution >= 4 is 27.8 Å². The molecule has 2 heterocycles. The molecule has 0 aliphatic carbocycles. The van der Waals surface area contributed by atoms with E-state index in [2.05, 4.69) is 4.98 Å². The van der Waals surface area contributed by atoms with Gasteiger partial charge in [0.1, 0.15) is 0 Å². The van der Waals surface area contributed by atoms with Crippen LogP contribution in [0.5, 0.6) is 0 Å². The number of hydrogen-bond acceptors (Lipinski definition) is 3. The molecule has 0 radical (unpaired) electrons. The lowest BCUT2D eigenvalue weighted by atomic mass is 10.1. The van der Waals surface area contributed by atoms with Crippen LogP contribution in [0.4, 0.5) is 0 Å². The van der Waals surface area contributed by atoms with Gasteiger partial charge in [-0.05, 0) is 24.5 Å². The summed E-state index contributed by atoms with van der Waals surface area (Å²) in [5.74, 6) is -0.235. The fourth-order valence-corrected chi connectivity index (χ4v) is 3.71. The van der Waals surface area contributed by atoms with Crippen molar-refractivity contribution in [2.75, 3.05) is 7.11 Å². The summed E-state index contributed by atoms with van der Waals surface area (Å²) in [6.45, 7) is 0.499. The summed E-state index contributed by atoms with van der Waals surface area (Å²) in [4.78, 5) is 28.0. The third-order valence-electron chi connectivity index (χ3n) is 5.10. The minimum atomic E-state index is -0.235. The predicted molar refractivity (Wildman–Crippen MR) is 111 cm³/mol. The van der Waals surface area contributed by atoms with Gasteiger partial charge in [-0.15, -0.1) is 0 Å². The van der Waals surface area contributed by atoms with Crippen LogP contribution in [0.2, 0.25) is 0 Å². The van der Waals surface area contributed by atoms with Crippen molar-refractivity contribution in [1.82, 2.24) is 9.55 Å². The molecule has 0 saturated heterocycles. The number of pyridine rings is 1. The molecule has 0 bridgehead atoms. The molecule has 5 nitrogen and oxygen atoms in total. The van der Waals surface area contributed by atoms with E-state index >= 15 is 0 Å². The molecule has 0 atom stereocenters. The van der Waals surface area contributed by atoms with Crippen LogP contribution in [0.25, 0.3) is 21.8 Å². The van der Waals surface area contributed by atoms with Gasteiger partial charge in [-0.2, -0.15) is 0 Å². The largest absolute Gasteiger partial charge is 0.469 e. The maximum absolute atomic E-state index is 13.0. The Kier molecular flexibility index (Phi) is 4.98. The smallest absolute Gasteiger partial charge is 0.305 e. The summed E-state index contributed by atoms with van der Waals surface area (Å²) < 4.78 is 6.57. The molecule has 5 heteroatoms. The molecule has 0 amide bonds. The molecule has 2 aromatic heterocycles. The molecule has 4 aromatic rings. The number of aromatic nitrogens is 2. The van der Waals surface area contributed by atoms with Crippen molar-refractivity contribution < 1.29 is 9.53 Å². The number of carbonyl (C=O) groups is 1. The first-order valence-corrected chi connectivity index (χ1v) is 9.41. The second-order valence-corrected chi connectivity index (χ2v) is 6.89. The number of nitrogens with one attached hydrogen (secondary N) is 1. The average Bonchev–Trinajstić information content (AvgIpc) is 3.09. The Morgan fingerprint density at radius 1 is 1.04 bits per heavy atom. The van der Waals surface area contributed by atoms with Crippen molar-refractivity contribution in [2.24, 2.45) is 0 Å². The van der Waals surface area contributed by atoms with Crippen LogP contribution < -0.4 is 5.56 Å². The number of para-hydroxylation sites is 1. The van der Waals surface area contributed by atoms with Crippen molar-refractivity contribution in [3.8, 4) is 0 Å². The van der Waals surface area contributed by atoms with Crippen molar-refractivity contribution in [3.63, 3.8) is 0 Å². The standard InChI is InChI=1S/C23H22N2O3/c1-28-22(27)13-7-12-20-23-18(17-10-5-6-11-19(17)24-23)14-21(26)25(20)15-16-8-3-2-4-9-16/h2-6,8-11,14,24H,7,12-13,15H2,1H3. The number of fused-ring (bicyclic) bond motifs is 3. The van der Waals surface area contributed by atoms with E-state index in [4.69, 9.17) is 4.74 Å². The fraction of sp³-hybridized carbons (Fsp3) is 0.217. The molecule has 0 saturated carbocycles. The normalized spacial score (nSPS) is 11.2. The number of esters is 1. The van der Waals surface area contributed by atoms with Gasteiger partial charge in [-0.25, -0.2) is 0 Å². The van der Waals surface area contributed by atoms with Crippen LogP contribution in [0.15, 0.2) is 65.5 Å². The Morgan fingerprint density at radius 2 is 1.79 bits per heavy atom. The summed E-state index contributed by atoms with van der Waals surface area (Å²) in [6.07, 6.45) is 1.56. The van der Waals surface area contributed by atoms with Crippen molar-refractivity contribution in [2.45, 2.75) is 25.8 Å². The molecule has 1 N–H and O–H groups in total. The molecule has 142 valence electrons. The second kappa shape index (κ2) is 7.72. The second-order valence-electron chi connectivity index (χ2n) is 6.89. The lowest BCUT2D eigenvalue weighted by Gasteiger charge is -2.14. The maximum atomic E-state index is 13.0. The summed E-state index contributed by atoms with van der Waals surface area (Å²) >= 11 is 0. The molecule has 2 aromatic carbocycles. The number of methoxy groups -OCH3 is 1. The zero-order valence-corrected chi connectivity index (χ0v) is 15.8. The first-order valence-electron chi connectivity index (χ1n) is 9.41. The Labute approximate surface area is 162 Å². The van der Waals surface area contributed by atoms with Crippen molar-refractivity contribution in [1.29, 1.82) is 0 Å². The molecule has 28 heavy (non-hydrogen) atoms. The molecule has 0 spiro atoms. The zero-order valence-electron chi connectivity index (χ0n) is 15.8. The maximum Gasteiger partial charge on any atom is 0.305 e. The number of carbonyl (C=O) groups excluding carboxylic acids is 1. The van der Waals surface area contributed by atoms with Gasteiger partial charge in [0.15, 0.2) is 0 Å². The van der Waals surface area contributed by atoms with E-state index in [1.165, 1.54) is 7.11 Å². The van der Waals surface area contributed by atoms with E-state index in [0.29, 0.717) is 25.8 Å². The Bertz CT molecular complexity index is 1190. The summed E-state index contributed by atoms with van der Waals surface area (Å²) in [5.41, 5.74) is 3.92. The highest BCUT2D eigenvalue weighted by Crippen LogP contribution is 2.27. The van der Waals surface area contributed by atoms with Crippen LogP contribution in [-0.2, 0) is 22.5 Å². The Hall–Kier alpha value is -3.34. The number of nitrogens with zero attached hydrogens (tertiary/aromatic N) is 1. The molecule has 0 aliphatic rings. The predicted octanol–water partition coefficient (Wildman–Crippen LogP) is 4.03. The van der Waals surface area contributed by atoms with E-state index in [1.807, 2.05) is 59.2 Å². The van der Waals surface area contributed by atoms with Gasteiger partial charge >= 0.3 is 5.97 Å². The highest BCUT2D eigenvalue weighted by Gasteiger charge is 2.15. The molecule has 0 fully saturated rings. The first kappa shape index (κ1) is 18.0. The number of hydrogen-bond donors (Lipinski definition) is 1. The zero-order chi connectivity index (χ0) is 19.5. The van der Waals surface area contributed by atoms with Gasteiger partial charge in [0.05, 0.1) is 19.2 Å². The van der Waals surface area contributed by atoms with Crippen LogP contribution in [0, 0.1) is 0 Å². The number of rotatable bonds is 6. The third kappa shape index (κ3) is 3.43. The highest BCUT2D eigenvalue weighted by molar-refractivity contribution is 6.07. The molecule has 0 unspecified atom stereocenters. The molecule has 4 rings (SSSR count). The van der Waals surface area contributed by atoms with E-state index < -0.39 is 0 Å². The Morgan fingerprint density at radius 3 is 2.57 bits per heavy atom. The van der Waals surface area contributed by atoms with Crippen LogP contribution in [-0.4, -0.2) is 22.6 Å². The quantitative estimate of drug-likeness (QED) is 0.518. The highest BCUT2D eigenvalue weighted by atomic mass is 16.5. The van der Waals surface area contributed by atoms with E-state index in [9.17, 15) is 9.59 Å². The average molecular weight is 374 g/mol. The Balaban J connectivity index is 1.84. The summed E-state index contributed by atoms with van der Waals surface area (Å²) in [7, 11) is 1.39. The molecule has 0 aliphatic heterocycles. The van der Waals surface area contributed by atoms with Gasteiger partial charge in [0.2, 0.25) is 0 Å². The SMILES string of the molecule is COC(=O)CCCc1c2[nH]c3ccccc3c2cc(=O)n1Cc1ccccc1. The van der Waals surface area contributed by atoms with Gasteiger partial charge in [-0.1, -0.05) is 48.5 Å². The van der Waals surface area contributed by atoms with Crippen LogP contribution in [0.1, 0.15) is 24.1 Å². The molecular weight excluding hydrogens is 352 g/mol. The number of benzene rings is 2. The van der Waals surface area contributed by atoms with Crippen molar-refractivity contribution in [3.05, 3.63) is 82.3 Å². The number of aryl methyl sites for hydroxylation is 1. The molecular formula is C23H22N2O3. The van der Waals surface area contributed by atoms with E-state index in [-0.39, 0.29) is 11.5 Å². The van der Waals surface area contributed by atoms with Crippen LogP contribution >= 0.6 is 0 Å². The van der Waals surface area contributed by atoms with Crippen LogP contribution in [0.3, 0.4) is 0 Å². The van der Waals surface area contributed by atoms with E-state index in [1.54, 1.807) is 6.07 Å². The summed E-state index contributed by atoms with van der Waals surface area (Å²) in [5, 5.41) is 1.97. The monoisotopic (exact) mass is 374 g/mol. The van der Waals surface area contributed by atoms with Gasteiger partial charge in [0, 0.05) is 34.5 Å². The topological polar surface area (TPSA) is 64.1 Å².